The van der Waals surface area contributed by atoms with Gasteiger partial charge in [-0.3, -0.25) is 0 Å². The van der Waals surface area contributed by atoms with Crippen molar-refractivity contribution in [1.82, 2.24) is 20.0 Å². The van der Waals surface area contributed by atoms with E-state index in [0.717, 1.165) is 15.1 Å². The van der Waals surface area contributed by atoms with Crippen LogP contribution in [0.4, 0.5) is 15.9 Å². The molecule has 0 amide bonds. The topological polar surface area (TPSA) is 105 Å². The van der Waals surface area contributed by atoms with Crippen molar-refractivity contribution in [2.45, 2.75) is 32.0 Å². The summed E-state index contributed by atoms with van der Waals surface area (Å²) in [6, 6.07) is 13.2. The summed E-state index contributed by atoms with van der Waals surface area (Å²) in [5, 5.41) is 7.76. The van der Waals surface area contributed by atoms with Crippen LogP contribution in [0.25, 0.3) is 10.2 Å². The number of nitrogens with zero attached hydrogens (tertiary/aromatic N) is 2. The zero-order valence-corrected chi connectivity index (χ0v) is 23.3. The molecule has 1 aliphatic rings. The molecule has 0 saturated carbocycles. The van der Waals surface area contributed by atoms with Gasteiger partial charge in [0.1, 0.15) is 35.1 Å². The second-order valence-corrected chi connectivity index (χ2v) is 12.4. The largest absolute Gasteiger partial charge is 0.487 e. The molecule has 0 radical (unpaired) electrons. The van der Waals surface area contributed by atoms with Gasteiger partial charge >= 0.3 is 0 Å². The summed E-state index contributed by atoms with van der Waals surface area (Å²) in [7, 11) is -3.25. The fourth-order valence-corrected chi connectivity index (χ4v) is 6.02. The summed E-state index contributed by atoms with van der Waals surface area (Å²) in [6.07, 6.45) is 2.09. The van der Waals surface area contributed by atoms with E-state index < -0.39 is 10.0 Å². The number of rotatable bonds is 8. The van der Waals surface area contributed by atoms with Crippen molar-refractivity contribution in [1.29, 1.82) is 0 Å². The van der Waals surface area contributed by atoms with Crippen molar-refractivity contribution in [3.63, 3.8) is 0 Å². The van der Waals surface area contributed by atoms with Crippen LogP contribution in [-0.2, 0) is 16.6 Å². The van der Waals surface area contributed by atoms with Crippen molar-refractivity contribution >= 4 is 54.7 Å². The predicted molar refractivity (Wildman–Crippen MR) is 153 cm³/mol. The second-order valence-electron chi connectivity index (χ2n) is 8.92. The Morgan fingerprint density at radius 1 is 1.23 bits per heavy atom. The SMILES string of the molecule is CCS(=O)(=O)N[C@H]1CN[C@@H](C#Cc2cc3c(Nc4ccc(OCc5cccc(F)c5)c(Cl)c4)ncnc3s2)C1. The van der Waals surface area contributed by atoms with Gasteiger partial charge in [-0.05, 0) is 55.3 Å². The Morgan fingerprint density at radius 3 is 2.90 bits per heavy atom. The molecule has 0 aliphatic carbocycles. The Balaban J connectivity index is 1.25. The number of thiophene rings is 1. The summed E-state index contributed by atoms with van der Waals surface area (Å²) in [6.45, 7) is 2.35. The van der Waals surface area contributed by atoms with Gasteiger partial charge < -0.3 is 15.4 Å². The molecule has 12 heteroatoms. The third-order valence-corrected chi connectivity index (χ3v) is 8.74. The van der Waals surface area contributed by atoms with Crippen LogP contribution in [0.2, 0.25) is 5.02 Å². The number of hydrogen-bond donors (Lipinski definition) is 3. The monoisotopic (exact) mass is 585 g/mol. The van der Waals surface area contributed by atoms with E-state index >= 15 is 0 Å². The number of sulfonamides is 1. The van der Waals surface area contributed by atoms with Crippen LogP contribution in [0.5, 0.6) is 5.75 Å². The molecular weight excluding hydrogens is 561 g/mol. The molecule has 3 N–H and O–H groups in total. The molecule has 2 aromatic carbocycles. The van der Waals surface area contributed by atoms with Crippen molar-refractivity contribution in [2.75, 3.05) is 17.6 Å². The first kappa shape index (κ1) is 27.3. The molecule has 202 valence electrons. The van der Waals surface area contributed by atoms with Crippen molar-refractivity contribution in [2.24, 2.45) is 0 Å². The minimum Gasteiger partial charge on any atom is -0.487 e. The first-order valence-corrected chi connectivity index (χ1v) is 15.1. The number of hydrogen-bond acceptors (Lipinski definition) is 8. The van der Waals surface area contributed by atoms with Gasteiger partial charge in [-0.2, -0.15) is 0 Å². The van der Waals surface area contributed by atoms with Crippen LogP contribution in [0.3, 0.4) is 0 Å². The molecule has 8 nitrogen and oxygen atoms in total. The summed E-state index contributed by atoms with van der Waals surface area (Å²) >= 11 is 7.90. The number of halogens is 2. The minimum atomic E-state index is -3.25. The highest BCUT2D eigenvalue weighted by Gasteiger charge is 2.25. The molecule has 39 heavy (non-hydrogen) atoms. The quantitative estimate of drug-likeness (QED) is 0.254. The van der Waals surface area contributed by atoms with E-state index in [0.29, 0.717) is 40.8 Å². The molecule has 4 aromatic rings. The minimum absolute atomic E-state index is 0.0553. The molecule has 1 aliphatic heterocycles. The number of anilines is 2. The van der Waals surface area contributed by atoms with E-state index in [1.807, 2.05) is 12.1 Å². The normalized spacial score (nSPS) is 17.1. The van der Waals surface area contributed by atoms with E-state index in [1.54, 1.807) is 31.2 Å². The van der Waals surface area contributed by atoms with E-state index in [1.165, 1.54) is 29.8 Å². The molecule has 5 rings (SSSR count). The van der Waals surface area contributed by atoms with Crippen LogP contribution in [0, 0.1) is 17.7 Å². The van der Waals surface area contributed by atoms with Crippen LogP contribution in [-0.4, -0.2) is 42.8 Å². The van der Waals surface area contributed by atoms with Gasteiger partial charge in [-0.15, -0.1) is 11.3 Å². The predicted octanol–water partition coefficient (Wildman–Crippen LogP) is 4.83. The van der Waals surface area contributed by atoms with Crippen LogP contribution >= 0.6 is 22.9 Å². The Hall–Kier alpha value is -3.27. The van der Waals surface area contributed by atoms with Crippen LogP contribution in [0.15, 0.2) is 54.9 Å². The molecule has 3 heterocycles. The standard InChI is InChI=1S/C27H25ClFN5O3S2/c1-2-39(35,36)34-21-11-19(30-14-21)6-8-22-13-23-26(31-16-32-27(23)38-22)33-20-7-9-25(24(28)12-20)37-15-17-4-3-5-18(29)10-17/h3-5,7,9-10,12-13,16,19,21,30,34H,2,11,14-15H2,1H3,(H,31,32,33)/t19-,21+/m0/s1. The molecule has 0 unspecified atom stereocenters. The third-order valence-electron chi connectivity index (χ3n) is 6.03. The van der Waals surface area contributed by atoms with Gasteiger partial charge in [0.15, 0.2) is 0 Å². The maximum atomic E-state index is 13.4. The fourth-order valence-electron chi connectivity index (χ4n) is 4.07. The van der Waals surface area contributed by atoms with Gasteiger partial charge in [0.2, 0.25) is 10.0 Å². The molecule has 0 bridgehead atoms. The number of aromatic nitrogens is 2. The lowest BCUT2D eigenvalue weighted by Crippen LogP contribution is -2.37. The summed E-state index contributed by atoms with van der Waals surface area (Å²) in [5.41, 5.74) is 1.42. The van der Waals surface area contributed by atoms with E-state index in [-0.39, 0.29) is 30.3 Å². The highest BCUT2D eigenvalue weighted by molar-refractivity contribution is 7.89. The number of fused-ring (bicyclic) bond motifs is 1. The second kappa shape index (κ2) is 11.9. The highest BCUT2D eigenvalue weighted by Crippen LogP contribution is 2.33. The summed E-state index contributed by atoms with van der Waals surface area (Å²) < 4.78 is 45.5. The molecule has 2 aromatic heterocycles. The number of ether oxygens (including phenoxy) is 1. The van der Waals surface area contributed by atoms with Crippen molar-refractivity contribution < 1.29 is 17.5 Å². The summed E-state index contributed by atoms with van der Waals surface area (Å²) in [5.74, 6) is 7.21. The van der Waals surface area contributed by atoms with Crippen LogP contribution in [0.1, 0.15) is 23.8 Å². The summed E-state index contributed by atoms with van der Waals surface area (Å²) in [4.78, 5) is 10.4. The maximum absolute atomic E-state index is 13.4. The molecule has 1 saturated heterocycles. The highest BCUT2D eigenvalue weighted by atomic mass is 35.5. The molecule has 0 spiro atoms. The Kier molecular flexibility index (Phi) is 8.30. The van der Waals surface area contributed by atoms with E-state index in [4.69, 9.17) is 16.3 Å². The van der Waals surface area contributed by atoms with Gasteiger partial charge in [-0.1, -0.05) is 35.6 Å². The lowest BCUT2D eigenvalue weighted by molar-refractivity contribution is 0.306. The van der Waals surface area contributed by atoms with E-state index in [2.05, 4.69) is 37.2 Å². The van der Waals surface area contributed by atoms with Crippen molar-refractivity contribution in [3.8, 4) is 17.6 Å². The Labute approximate surface area is 235 Å². The Morgan fingerprint density at radius 2 is 2.10 bits per heavy atom. The van der Waals surface area contributed by atoms with Gasteiger partial charge in [0.05, 0.1) is 27.1 Å². The molecule has 1 fully saturated rings. The number of benzene rings is 2. The first-order chi connectivity index (χ1) is 18.8. The molecular formula is C27H25ClFN5O3S2. The van der Waals surface area contributed by atoms with Gasteiger partial charge in [0, 0.05) is 18.3 Å². The average Bonchev–Trinajstić information content (AvgIpc) is 3.54. The third kappa shape index (κ3) is 7.03. The van der Waals surface area contributed by atoms with E-state index in [9.17, 15) is 12.8 Å². The average molecular weight is 586 g/mol. The maximum Gasteiger partial charge on any atom is 0.211 e. The van der Waals surface area contributed by atoms with Crippen molar-refractivity contribution in [3.05, 3.63) is 76.1 Å². The van der Waals surface area contributed by atoms with Gasteiger partial charge in [-0.25, -0.2) is 27.5 Å². The first-order valence-electron chi connectivity index (χ1n) is 12.2. The number of nitrogens with one attached hydrogen (secondary N) is 3. The fraction of sp³-hybridized carbons (Fsp3) is 0.259. The van der Waals surface area contributed by atoms with Crippen LogP contribution < -0.4 is 20.1 Å². The zero-order valence-electron chi connectivity index (χ0n) is 20.9. The lowest BCUT2D eigenvalue weighted by atomic mass is 10.2. The smallest absolute Gasteiger partial charge is 0.211 e. The Bertz CT molecular complexity index is 1670. The molecule has 2 atom stereocenters. The lowest BCUT2D eigenvalue weighted by Gasteiger charge is -2.11. The zero-order chi connectivity index (χ0) is 27.4. The van der Waals surface area contributed by atoms with Gasteiger partial charge in [0.25, 0.3) is 0 Å².